The van der Waals surface area contributed by atoms with Crippen LogP contribution in [0.5, 0.6) is 0 Å². The van der Waals surface area contributed by atoms with Gasteiger partial charge in [-0.05, 0) is 44.0 Å². The molecule has 0 aliphatic carbocycles. The molecule has 20 heavy (non-hydrogen) atoms. The normalized spacial score (nSPS) is 25.7. The molecule has 0 bridgehead atoms. The van der Waals surface area contributed by atoms with Crippen LogP contribution in [-0.4, -0.2) is 62.2 Å². The largest absolute Gasteiger partial charge is 0.315 e. The highest BCUT2D eigenvalue weighted by Crippen LogP contribution is 2.26. The minimum atomic E-state index is 0.752. The molecule has 2 fully saturated rings. The van der Waals surface area contributed by atoms with Gasteiger partial charge < -0.3 is 15.1 Å². The Hall–Kier alpha value is -0.900. The average molecular weight is 273 g/mol. The van der Waals surface area contributed by atoms with Gasteiger partial charge >= 0.3 is 0 Å². The number of hydrogen-bond donors (Lipinski definition) is 1. The maximum Gasteiger partial charge on any atom is 0.0110 e. The highest BCUT2D eigenvalue weighted by molar-refractivity contribution is 5.20. The zero-order valence-electron chi connectivity index (χ0n) is 12.4. The molecule has 3 nitrogen and oxygen atoms in total. The maximum atomic E-state index is 3.48. The third kappa shape index (κ3) is 3.81. The zero-order chi connectivity index (χ0) is 13.6. The highest BCUT2D eigenvalue weighted by atomic mass is 15.2. The van der Waals surface area contributed by atoms with Crippen molar-refractivity contribution in [3.05, 3.63) is 35.9 Å². The second-order valence-corrected chi connectivity index (χ2v) is 6.14. The number of nitrogens with one attached hydrogen (secondary N) is 1. The summed E-state index contributed by atoms with van der Waals surface area (Å²) in [7, 11) is 0. The van der Waals surface area contributed by atoms with Crippen LogP contribution in [0.1, 0.15) is 24.3 Å². The lowest BCUT2D eigenvalue weighted by molar-refractivity contribution is 0.234. The molecular formula is C17H27N3. The van der Waals surface area contributed by atoms with Gasteiger partial charge in [0.05, 0.1) is 0 Å². The molecule has 1 unspecified atom stereocenters. The van der Waals surface area contributed by atoms with Crippen LogP contribution in [0.4, 0.5) is 0 Å². The van der Waals surface area contributed by atoms with Gasteiger partial charge in [0, 0.05) is 32.7 Å². The topological polar surface area (TPSA) is 18.5 Å². The fraction of sp³-hybridized carbons (Fsp3) is 0.647. The monoisotopic (exact) mass is 273 g/mol. The molecule has 1 aromatic carbocycles. The van der Waals surface area contributed by atoms with E-state index in [0.29, 0.717) is 0 Å². The van der Waals surface area contributed by atoms with Gasteiger partial charge in [0.25, 0.3) is 0 Å². The van der Waals surface area contributed by atoms with E-state index in [4.69, 9.17) is 0 Å². The summed E-state index contributed by atoms with van der Waals surface area (Å²) in [5, 5.41) is 3.48. The first-order valence-electron chi connectivity index (χ1n) is 8.12. The van der Waals surface area contributed by atoms with E-state index < -0.39 is 0 Å². The number of rotatable bonds is 4. The molecule has 2 heterocycles. The van der Waals surface area contributed by atoms with Gasteiger partial charge in [-0.3, -0.25) is 0 Å². The molecule has 1 atom stereocenters. The third-order valence-electron chi connectivity index (χ3n) is 4.71. The molecule has 0 spiro atoms. The molecule has 110 valence electrons. The van der Waals surface area contributed by atoms with Gasteiger partial charge in [-0.15, -0.1) is 0 Å². The van der Waals surface area contributed by atoms with Crippen molar-refractivity contribution in [2.75, 3.05) is 52.4 Å². The lowest BCUT2D eigenvalue weighted by atomic mass is 9.99. The van der Waals surface area contributed by atoms with Crippen LogP contribution in [0.3, 0.4) is 0 Å². The van der Waals surface area contributed by atoms with E-state index in [0.717, 1.165) is 12.5 Å². The van der Waals surface area contributed by atoms with E-state index in [2.05, 4.69) is 45.4 Å². The number of benzene rings is 1. The molecule has 0 aromatic heterocycles. The summed E-state index contributed by atoms with van der Waals surface area (Å²) >= 11 is 0. The summed E-state index contributed by atoms with van der Waals surface area (Å²) in [5.74, 6) is 0.752. The second-order valence-electron chi connectivity index (χ2n) is 6.14. The molecule has 2 saturated heterocycles. The molecule has 1 aromatic rings. The Morgan fingerprint density at radius 3 is 2.70 bits per heavy atom. The lowest BCUT2D eigenvalue weighted by Gasteiger charge is -2.23. The Morgan fingerprint density at radius 2 is 1.80 bits per heavy atom. The number of likely N-dealkylation sites (tertiary alicyclic amines) is 1. The number of nitrogens with zero attached hydrogens (tertiary/aromatic N) is 2. The summed E-state index contributed by atoms with van der Waals surface area (Å²) in [6.07, 6.45) is 2.62. The van der Waals surface area contributed by atoms with Gasteiger partial charge in [-0.1, -0.05) is 30.3 Å². The minimum Gasteiger partial charge on any atom is -0.315 e. The Morgan fingerprint density at radius 1 is 0.950 bits per heavy atom. The van der Waals surface area contributed by atoms with Crippen LogP contribution in [0, 0.1) is 0 Å². The van der Waals surface area contributed by atoms with Crippen LogP contribution in [0.15, 0.2) is 30.3 Å². The van der Waals surface area contributed by atoms with Crippen molar-refractivity contribution in [2.24, 2.45) is 0 Å². The van der Waals surface area contributed by atoms with Gasteiger partial charge in [0.1, 0.15) is 0 Å². The lowest BCUT2D eigenvalue weighted by Crippen LogP contribution is -2.36. The van der Waals surface area contributed by atoms with E-state index in [1.165, 1.54) is 64.2 Å². The van der Waals surface area contributed by atoms with Gasteiger partial charge in [-0.2, -0.15) is 0 Å². The fourth-order valence-corrected chi connectivity index (χ4v) is 3.44. The quantitative estimate of drug-likeness (QED) is 0.902. The second kappa shape index (κ2) is 7.21. The number of hydrogen-bond acceptors (Lipinski definition) is 3. The summed E-state index contributed by atoms with van der Waals surface area (Å²) in [4.78, 5) is 5.27. The van der Waals surface area contributed by atoms with Crippen LogP contribution in [0.2, 0.25) is 0 Å². The molecule has 2 aliphatic heterocycles. The van der Waals surface area contributed by atoms with Crippen molar-refractivity contribution in [1.82, 2.24) is 15.1 Å². The maximum absolute atomic E-state index is 3.48. The minimum absolute atomic E-state index is 0.752. The van der Waals surface area contributed by atoms with Crippen LogP contribution >= 0.6 is 0 Å². The van der Waals surface area contributed by atoms with Gasteiger partial charge in [0.2, 0.25) is 0 Å². The third-order valence-corrected chi connectivity index (χ3v) is 4.71. The highest BCUT2D eigenvalue weighted by Gasteiger charge is 2.23. The summed E-state index contributed by atoms with van der Waals surface area (Å²) in [6.45, 7) is 9.83. The van der Waals surface area contributed by atoms with Gasteiger partial charge in [-0.25, -0.2) is 0 Å². The molecule has 3 heteroatoms. The van der Waals surface area contributed by atoms with Crippen molar-refractivity contribution < 1.29 is 0 Å². The first-order valence-corrected chi connectivity index (χ1v) is 8.12. The van der Waals surface area contributed by atoms with Crippen LogP contribution in [-0.2, 0) is 0 Å². The fourth-order valence-electron chi connectivity index (χ4n) is 3.44. The average Bonchev–Trinajstić information content (AvgIpc) is 2.82. The van der Waals surface area contributed by atoms with Crippen molar-refractivity contribution in [3.8, 4) is 0 Å². The molecule has 0 amide bonds. The van der Waals surface area contributed by atoms with Crippen molar-refractivity contribution in [1.29, 1.82) is 0 Å². The Bertz CT molecular complexity index is 384. The van der Waals surface area contributed by atoms with E-state index in [9.17, 15) is 0 Å². The Kier molecular flexibility index (Phi) is 5.06. The molecule has 2 aliphatic rings. The summed E-state index contributed by atoms with van der Waals surface area (Å²) < 4.78 is 0. The van der Waals surface area contributed by atoms with Crippen LogP contribution in [0.25, 0.3) is 0 Å². The van der Waals surface area contributed by atoms with E-state index >= 15 is 0 Å². The van der Waals surface area contributed by atoms with E-state index in [-0.39, 0.29) is 0 Å². The first kappa shape index (κ1) is 14.1. The van der Waals surface area contributed by atoms with Crippen molar-refractivity contribution in [3.63, 3.8) is 0 Å². The Balaban J connectivity index is 1.43. The van der Waals surface area contributed by atoms with E-state index in [1.807, 2.05) is 0 Å². The molecular weight excluding hydrogens is 246 g/mol. The Labute approximate surface area is 123 Å². The molecule has 0 radical (unpaired) electrons. The standard InChI is InChI=1S/C17H27N3/c1-2-5-16(6-3-1)17-7-11-20(15-17)14-13-19-10-4-8-18-9-12-19/h1-3,5-6,17-18H,4,7-15H2. The van der Waals surface area contributed by atoms with Crippen molar-refractivity contribution >= 4 is 0 Å². The molecule has 3 rings (SSSR count). The molecule has 0 saturated carbocycles. The zero-order valence-corrected chi connectivity index (χ0v) is 12.4. The van der Waals surface area contributed by atoms with Crippen molar-refractivity contribution in [2.45, 2.75) is 18.8 Å². The smallest absolute Gasteiger partial charge is 0.0110 e. The summed E-state index contributed by atoms with van der Waals surface area (Å²) in [6, 6.07) is 11.0. The predicted octanol–water partition coefficient (Wildman–Crippen LogP) is 1.77. The van der Waals surface area contributed by atoms with Crippen LogP contribution < -0.4 is 5.32 Å². The van der Waals surface area contributed by atoms with Gasteiger partial charge in [0.15, 0.2) is 0 Å². The van der Waals surface area contributed by atoms with E-state index in [1.54, 1.807) is 0 Å². The predicted molar refractivity (Wildman–Crippen MR) is 84.2 cm³/mol. The molecule has 1 N–H and O–H groups in total. The SMILES string of the molecule is c1ccc(C2CCN(CCN3CCCNCC3)C2)cc1. The first-order chi connectivity index (χ1) is 9.92. The summed E-state index contributed by atoms with van der Waals surface area (Å²) in [5.41, 5.74) is 1.52.